The van der Waals surface area contributed by atoms with Crippen LogP contribution in [0.15, 0.2) is 66.7 Å². The molecule has 7 atom stereocenters. The summed E-state index contributed by atoms with van der Waals surface area (Å²) in [5, 5.41) is 69.0. The number of benzene rings is 3. The molecule has 0 radical (unpaired) electrons. The fourth-order valence-corrected chi connectivity index (χ4v) is 10.0. The number of halogens is 1. The van der Waals surface area contributed by atoms with E-state index in [9.17, 15) is 49.5 Å². The second-order valence-electron chi connectivity index (χ2n) is 19.2. The highest BCUT2D eigenvalue weighted by Gasteiger charge is 2.46. The summed E-state index contributed by atoms with van der Waals surface area (Å²) in [5.41, 5.74) is 8.96. The number of aryl methyl sites for hydroxylation is 3. The number of carbonyl (C=O) groups is 5. The van der Waals surface area contributed by atoms with Gasteiger partial charge in [-0.05, 0) is 111 Å². The predicted octanol–water partition coefficient (Wildman–Crippen LogP) is 5.13. The van der Waals surface area contributed by atoms with E-state index in [0.29, 0.717) is 49.9 Å². The molecule has 0 saturated carbocycles. The number of amides is 3. The number of hydrogen-bond acceptors (Lipinski definition) is 20. The van der Waals surface area contributed by atoms with Crippen molar-refractivity contribution in [2.45, 2.75) is 103 Å². The molecule has 1 saturated heterocycles. The molecule has 1 fully saturated rings. The van der Waals surface area contributed by atoms with Crippen molar-refractivity contribution in [2.75, 3.05) is 42.8 Å². The van der Waals surface area contributed by atoms with Crippen LogP contribution in [0.2, 0.25) is 0 Å². The lowest BCUT2D eigenvalue weighted by Crippen LogP contribution is -2.59. The first-order valence-electron chi connectivity index (χ1n) is 25.2. The molecule has 0 spiro atoms. The molecule has 1 aliphatic heterocycles. The van der Waals surface area contributed by atoms with Gasteiger partial charge in [0.15, 0.2) is 45.3 Å². The monoisotopic (exact) mass is 1140 g/mol. The van der Waals surface area contributed by atoms with E-state index in [4.69, 9.17) is 19.9 Å². The zero-order valence-corrected chi connectivity index (χ0v) is 46.0. The normalized spacial score (nSPS) is 17.6. The lowest BCUT2D eigenvalue weighted by molar-refractivity contribution is -0.228. The molecule has 3 aromatic heterocycles. The molecule has 3 amide bonds. The number of carbonyl (C=O) groups excluding carboxylic acids is 3. The summed E-state index contributed by atoms with van der Waals surface area (Å²) in [6.45, 7) is 6.53. The van der Waals surface area contributed by atoms with Crippen molar-refractivity contribution < 1.29 is 68.1 Å². The Kier molecular flexibility index (Phi) is 20.0. The lowest BCUT2D eigenvalue weighted by Gasteiger charge is -2.39. The number of thiazole rings is 2. The average molecular weight is 1140 g/mol. The van der Waals surface area contributed by atoms with Crippen molar-refractivity contribution >= 4 is 90.3 Å². The third kappa shape index (κ3) is 15.1. The largest absolute Gasteiger partial charge is 0.491 e. The third-order valence-electron chi connectivity index (χ3n) is 12.9. The zero-order chi connectivity index (χ0) is 57.9. The standard InChI is InChI=1S/C54H61FN10O13S2/c1-27(2)41(56)49(70)57-29(4)48(69)58-33-18-16-32(31(25-33)17-20-37-43(66)44(67)45(68)46(78-37)51(73)74)26-77-54(75)64(5)21-9-11-30-15-19-36(34(55)24-30)76-22-10-14-39-42(50(71)72)60-53(80-39)65(6)40-23-28(3)47(63-62-40)61-52-59-35-12-7-8-13-38(35)79-52/h7-8,12-13,15-16,18-19,23-25,27,29,37,41,43-46,66-68H,10,14,17,20-22,26,56H2,1-6H3,(H,57,70)(H,58,69)(H,71,72)(H,73,74)(H,59,61,63)/t29?,37-,41?,43-,44+,45-,46-/m0/s1. The molecule has 6 aromatic rings. The number of anilines is 5. The summed E-state index contributed by atoms with van der Waals surface area (Å²) in [7, 11) is 3.15. The summed E-state index contributed by atoms with van der Waals surface area (Å²) in [5.74, 6) is 1.86. The van der Waals surface area contributed by atoms with Gasteiger partial charge in [-0.1, -0.05) is 55.2 Å². The smallest absolute Gasteiger partial charge is 0.410 e. The second kappa shape index (κ2) is 26.8. The van der Waals surface area contributed by atoms with E-state index in [-0.39, 0.29) is 62.1 Å². The Morgan fingerprint density at radius 1 is 0.900 bits per heavy atom. The highest BCUT2D eigenvalue weighted by atomic mass is 32.1. The highest BCUT2D eigenvalue weighted by Crippen LogP contribution is 2.34. The first-order valence-corrected chi connectivity index (χ1v) is 26.9. The number of para-hydroxylation sites is 1. The van der Waals surface area contributed by atoms with Gasteiger partial charge in [-0.15, -0.1) is 21.5 Å². The van der Waals surface area contributed by atoms with Crippen LogP contribution in [0.5, 0.6) is 5.75 Å². The van der Waals surface area contributed by atoms with Crippen molar-refractivity contribution in [2.24, 2.45) is 11.7 Å². The number of hydrogen-bond donors (Lipinski definition) is 9. The van der Waals surface area contributed by atoms with E-state index >= 15 is 4.39 Å². The van der Waals surface area contributed by atoms with Gasteiger partial charge >= 0.3 is 18.0 Å². The van der Waals surface area contributed by atoms with Crippen molar-refractivity contribution in [1.82, 2.24) is 30.4 Å². The Morgan fingerprint density at radius 3 is 2.36 bits per heavy atom. The summed E-state index contributed by atoms with van der Waals surface area (Å²) >= 11 is 2.68. The van der Waals surface area contributed by atoms with Crippen molar-refractivity contribution in [1.29, 1.82) is 0 Å². The number of aliphatic hydroxyl groups is 3. The molecule has 7 rings (SSSR count). The minimum absolute atomic E-state index is 0.0436. The number of nitrogens with one attached hydrogen (secondary N) is 3. The molecule has 4 heterocycles. The van der Waals surface area contributed by atoms with Gasteiger partial charge in [-0.25, -0.2) is 28.7 Å². The molecular weight excluding hydrogens is 1080 g/mol. The minimum Gasteiger partial charge on any atom is -0.491 e. The molecule has 3 aromatic carbocycles. The lowest BCUT2D eigenvalue weighted by atomic mass is 9.91. The van der Waals surface area contributed by atoms with Gasteiger partial charge in [-0.2, -0.15) is 0 Å². The molecule has 0 aliphatic carbocycles. The van der Waals surface area contributed by atoms with Gasteiger partial charge < -0.3 is 71.2 Å². The zero-order valence-electron chi connectivity index (χ0n) is 44.4. The maximum atomic E-state index is 15.2. The van der Waals surface area contributed by atoms with Crippen molar-refractivity contribution in [3.05, 3.63) is 105 Å². The van der Waals surface area contributed by atoms with Crippen LogP contribution in [-0.2, 0) is 43.3 Å². The number of carboxylic acids is 2. The Labute approximate surface area is 466 Å². The molecular formula is C54H61FN10O13S2. The van der Waals surface area contributed by atoms with Gasteiger partial charge in [-0.3, -0.25) is 9.59 Å². The molecule has 424 valence electrons. The van der Waals surface area contributed by atoms with Crippen LogP contribution in [0.4, 0.5) is 36.8 Å². The summed E-state index contributed by atoms with van der Waals surface area (Å²) in [4.78, 5) is 75.0. The van der Waals surface area contributed by atoms with Gasteiger partial charge in [0, 0.05) is 30.2 Å². The second-order valence-corrected chi connectivity index (χ2v) is 21.3. The maximum absolute atomic E-state index is 15.2. The minimum atomic E-state index is -1.88. The molecule has 80 heavy (non-hydrogen) atoms. The van der Waals surface area contributed by atoms with E-state index in [0.717, 1.165) is 15.8 Å². The van der Waals surface area contributed by atoms with Gasteiger partial charge in [0.2, 0.25) is 11.8 Å². The van der Waals surface area contributed by atoms with E-state index in [2.05, 4.69) is 48.0 Å². The van der Waals surface area contributed by atoms with Crippen LogP contribution in [0.25, 0.3) is 10.2 Å². The number of carboxylic acid groups (broad SMARTS) is 2. The summed E-state index contributed by atoms with van der Waals surface area (Å²) in [6, 6.07) is 16.6. The Bertz CT molecular complexity index is 3260. The number of aliphatic carboxylic acids is 1. The Balaban J connectivity index is 0.909. The van der Waals surface area contributed by atoms with Crippen molar-refractivity contribution in [3.8, 4) is 17.6 Å². The van der Waals surface area contributed by atoms with Crippen LogP contribution < -0.4 is 31.3 Å². The predicted molar refractivity (Wildman–Crippen MR) is 295 cm³/mol. The van der Waals surface area contributed by atoms with Crippen molar-refractivity contribution in [3.63, 3.8) is 0 Å². The Morgan fingerprint density at radius 2 is 1.66 bits per heavy atom. The third-order valence-corrected chi connectivity index (χ3v) is 15.0. The first-order chi connectivity index (χ1) is 38.1. The summed E-state index contributed by atoms with van der Waals surface area (Å²) in [6.07, 6.45) is -8.57. The number of nitrogens with zero attached hydrogens (tertiary/aromatic N) is 6. The molecule has 23 nitrogen and oxygen atoms in total. The number of fused-ring (bicyclic) bond motifs is 1. The topological polar surface area (TPSA) is 334 Å². The van der Waals surface area contributed by atoms with Gasteiger partial charge in [0.05, 0.1) is 35.5 Å². The molecule has 0 bridgehead atoms. The highest BCUT2D eigenvalue weighted by molar-refractivity contribution is 7.22. The fourth-order valence-electron chi connectivity index (χ4n) is 8.08. The number of aromatic nitrogens is 4. The number of aliphatic hydroxyl groups excluding tert-OH is 3. The quantitative estimate of drug-likeness (QED) is 0.0314. The number of nitrogens with two attached hydrogens (primary N) is 1. The number of aromatic carboxylic acids is 1. The SMILES string of the molecule is Cc1cc(N(C)c2nc(C(=O)O)c(CCCOc3ccc(C#CCN(C)C(=O)OCc4ccc(NC(=O)C(C)NC(=O)C(N)C(C)C)cc4CC[C@@H]4O[C@H](C(=O)O)[C@@H](O)[C@H](O)[C@H]4O)cc3F)s2)nnc1Nc1nc2ccccc2s1. The van der Waals surface area contributed by atoms with Gasteiger partial charge in [0.25, 0.3) is 0 Å². The first kappa shape index (κ1) is 59.8. The summed E-state index contributed by atoms with van der Waals surface area (Å²) < 4.78 is 33.0. The van der Waals surface area contributed by atoms with E-state index in [1.54, 1.807) is 44.0 Å². The van der Waals surface area contributed by atoms with E-state index < -0.39 is 78.3 Å². The van der Waals surface area contributed by atoms with Gasteiger partial charge in [0.1, 0.15) is 31.0 Å². The maximum Gasteiger partial charge on any atom is 0.410 e. The number of rotatable bonds is 22. The molecule has 1 aliphatic rings. The molecule has 10 N–H and O–H groups in total. The number of ether oxygens (including phenoxy) is 3. The average Bonchev–Trinajstić information content (AvgIpc) is 4.06. The van der Waals surface area contributed by atoms with Crippen LogP contribution >= 0.6 is 22.7 Å². The van der Waals surface area contributed by atoms with Crippen LogP contribution in [0.3, 0.4) is 0 Å². The molecule has 2 unspecified atom stereocenters. The van der Waals surface area contributed by atoms with Crippen LogP contribution in [0, 0.1) is 30.5 Å². The van der Waals surface area contributed by atoms with Crippen LogP contribution in [-0.4, -0.2) is 150 Å². The Hall–Kier alpha value is -7.90. The molecule has 26 heteroatoms. The van der Waals surface area contributed by atoms with E-state index in [1.807, 2.05) is 37.3 Å². The fraction of sp³-hybridized carbons (Fsp3) is 0.389. The van der Waals surface area contributed by atoms with E-state index in [1.165, 1.54) is 59.7 Å². The van der Waals surface area contributed by atoms with Crippen LogP contribution in [0.1, 0.15) is 71.2 Å².